The molecule has 0 rings (SSSR count). The fourth-order valence-electron chi connectivity index (χ4n) is 8.48. The van der Waals surface area contributed by atoms with Gasteiger partial charge in [0, 0.05) is 19.3 Å². The minimum absolute atomic E-state index is 0.0762. The van der Waals surface area contributed by atoms with Gasteiger partial charge in [-0.15, -0.1) is 0 Å². The average Bonchev–Trinajstić information content (AvgIpc) is 3.35. The average molecular weight is 966 g/mol. The van der Waals surface area contributed by atoms with E-state index in [1.807, 2.05) is 0 Å². The minimum atomic E-state index is -0.776. The highest BCUT2D eigenvalue weighted by Crippen LogP contribution is 2.16. The highest BCUT2D eigenvalue weighted by molar-refractivity contribution is 5.71. The normalized spacial score (nSPS) is 12.4. The van der Waals surface area contributed by atoms with Crippen molar-refractivity contribution in [2.75, 3.05) is 13.2 Å². The number of allylic oxidation sites excluding steroid dienone is 10. The van der Waals surface area contributed by atoms with Crippen LogP contribution in [0.15, 0.2) is 60.8 Å². The number of ether oxygens (including phenoxy) is 3. The molecule has 0 saturated heterocycles. The van der Waals surface area contributed by atoms with E-state index in [-0.39, 0.29) is 31.1 Å². The summed E-state index contributed by atoms with van der Waals surface area (Å²) in [4.78, 5) is 38.0. The van der Waals surface area contributed by atoms with Gasteiger partial charge in [0.25, 0.3) is 0 Å². The summed E-state index contributed by atoms with van der Waals surface area (Å²) in [5, 5.41) is 0. The fraction of sp³-hybridized carbons (Fsp3) is 0.794. The second-order valence-electron chi connectivity index (χ2n) is 19.9. The number of unbranched alkanes of at least 4 members (excludes halogenated alkanes) is 33. The molecule has 0 bridgehead atoms. The molecule has 6 nitrogen and oxygen atoms in total. The summed E-state index contributed by atoms with van der Waals surface area (Å²) in [5.74, 6) is -0.882. The molecule has 0 radical (unpaired) electrons. The van der Waals surface area contributed by atoms with E-state index in [1.54, 1.807) is 0 Å². The van der Waals surface area contributed by atoms with E-state index in [2.05, 4.69) is 81.5 Å². The van der Waals surface area contributed by atoms with Crippen LogP contribution in [-0.2, 0) is 28.6 Å². The van der Waals surface area contributed by atoms with Gasteiger partial charge in [0.15, 0.2) is 6.10 Å². The molecule has 0 aliphatic heterocycles. The van der Waals surface area contributed by atoms with E-state index in [1.165, 1.54) is 180 Å². The van der Waals surface area contributed by atoms with Crippen molar-refractivity contribution < 1.29 is 28.6 Å². The summed E-state index contributed by atoms with van der Waals surface area (Å²) in [6.07, 6.45) is 72.4. The van der Waals surface area contributed by atoms with E-state index >= 15 is 0 Å². The maximum Gasteiger partial charge on any atom is 0.306 e. The molecular formula is C63H112O6. The first-order chi connectivity index (χ1) is 34.0. The lowest BCUT2D eigenvalue weighted by Gasteiger charge is -2.18. The molecule has 400 valence electrons. The maximum absolute atomic E-state index is 12.8. The topological polar surface area (TPSA) is 78.9 Å². The van der Waals surface area contributed by atoms with Crippen LogP contribution in [0.4, 0.5) is 0 Å². The Morgan fingerprint density at radius 2 is 0.522 bits per heavy atom. The molecule has 0 saturated carbocycles. The van der Waals surface area contributed by atoms with Crippen molar-refractivity contribution in [3.05, 3.63) is 60.8 Å². The first kappa shape index (κ1) is 66.1. The Labute approximate surface area is 428 Å². The quantitative estimate of drug-likeness (QED) is 0.0262. The molecule has 0 heterocycles. The van der Waals surface area contributed by atoms with Gasteiger partial charge in [-0.2, -0.15) is 0 Å². The molecule has 69 heavy (non-hydrogen) atoms. The van der Waals surface area contributed by atoms with Crippen LogP contribution < -0.4 is 0 Å². The Bertz CT molecular complexity index is 1250. The van der Waals surface area contributed by atoms with Gasteiger partial charge >= 0.3 is 17.9 Å². The molecule has 0 spiro atoms. The maximum atomic E-state index is 12.8. The van der Waals surface area contributed by atoms with E-state index < -0.39 is 6.10 Å². The number of hydrogen-bond donors (Lipinski definition) is 0. The largest absolute Gasteiger partial charge is 0.462 e. The molecule has 0 aromatic rings. The molecule has 0 aromatic heterocycles. The molecule has 1 unspecified atom stereocenters. The lowest BCUT2D eigenvalue weighted by molar-refractivity contribution is -0.167. The van der Waals surface area contributed by atoms with E-state index in [4.69, 9.17) is 14.2 Å². The smallest absolute Gasteiger partial charge is 0.306 e. The first-order valence-electron chi connectivity index (χ1n) is 29.8. The summed E-state index contributed by atoms with van der Waals surface area (Å²) in [6.45, 7) is 6.58. The van der Waals surface area contributed by atoms with Crippen LogP contribution in [0.2, 0.25) is 0 Å². The van der Waals surface area contributed by atoms with E-state index in [9.17, 15) is 14.4 Å². The Hall–Kier alpha value is -2.89. The van der Waals surface area contributed by atoms with Crippen LogP contribution >= 0.6 is 0 Å². The predicted octanol–water partition coefficient (Wildman–Crippen LogP) is 20.0. The van der Waals surface area contributed by atoms with Crippen LogP contribution in [0.3, 0.4) is 0 Å². The zero-order chi connectivity index (χ0) is 50.0. The third-order valence-electron chi connectivity index (χ3n) is 13.0. The molecule has 6 heteroatoms. The number of hydrogen-bond acceptors (Lipinski definition) is 6. The Morgan fingerprint density at radius 1 is 0.290 bits per heavy atom. The van der Waals surface area contributed by atoms with Gasteiger partial charge in [-0.05, 0) is 89.9 Å². The second-order valence-corrected chi connectivity index (χ2v) is 19.9. The summed E-state index contributed by atoms with van der Waals surface area (Å²) >= 11 is 0. The Morgan fingerprint density at radius 3 is 0.841 bits per heavy atom. The standard InChI is InChI=1S/C63H112O6/c1-4-7-10-13-16-18-20-22-24-26-27-28-29-30-31-32-33-34-35-37-38-40-42-44-47-50-53-56-62(65)68-59-60(58-67-61(64)55-52-49-46-15-12-9-6-3)69-63(66)57-54-51-48-45-43-41-39-36-25-23-21-19-17-14-11-8-5-2/h17,19-20,22-23,25-27,29-30,60H,4-16,18,21,24,28,31-59H2,1-3H3/b19-17-,22-20-,25-23-,27-26-,30-29-. The second kappa shape index (κ2) is 57.7. The highest BCUT2D eigenvalue weighted by Gasteiger charge is 2.19. The van der Waals surface area contributed by atoms with Crippen molar-refractivity contribution >= 4 is 17.9 Å². The van der Waals surface area contributed by atoms with Crippen LogP contribution in [-0.4, -0.2) is 37.2 Å². The van der Waals surface area contributed by atoms with Gasteiger partial charge in [-0.25, -0.2) is 0 Å². The van der Waals surface area contributed by atoms with Gasteiger partial charge in [0.1, 0.15) is 13.2 Å². The number of carbonyl (C=O) groups is 3. The molecule has 0 aliphatic carbocycles. The number of rotatable bonds is 54. The van der Waals surface area contributed by atoms with Gasteiger partial charge < -0.3 is 14.2 Å². The van der Waals surface area contributed by atoms with Gasteiger partial charge in [0.2, 0.25) is 0 Å². The van der Waals surface area contributed by atoms with Crippen molar-refractivity contribution in [3.8, 4) is 0 Å². The van der Waals surface area contributed by atoms with Crippen LogP contribution in [0, 0.1) is 0 Å². The molecule has 1 atom stereocenters. The summed E-state index contributed by atoms with van der Waals surface area (Å²) in [5.41, 5.74) is 0. The van der Waals surface area contributed by atoms with Gasteiger partial charge in [-0.1, -0.05) is 255 Å². The third kappa shape index (κ3) is 55.9. The zero-order valence-electron chi connectivity index (χ0n) is 45.8. The van der Waals surface area contributed by atoms with E-state index in [0.717, 1.165) is 83.5 Å². The van der Waals surface area contributed by atoms with Crippen molar-refractivity contribution in [1.82, 2.24) is 0 Å². The first-order valence-corrected chi connectivity index (χ1v) is 29.8. The van der Waals surface area contributed by atoms with Crippen LogP contribution in [0.1, 0.15) is 303 Å². The summed E-state index contributed by atoms with van der Waals surface area (Å²) < 4.78 is 16.8. The Balaban J connectivity index is 4.13. The SMILES string of the molecule is CCCCC/C=C\C/C=C\CCCCCCCCCC(=O)OC(COC(=O)CCCCCCCCC)COC(=O)CCCCCCCCCCCCCC/C=C\C/C=C\C/C=C\CCCCCCC. The molecule has 0 fully saturated rings. The van der Waals surface area contributed by atoms with Crippen molar-refractivity contribution in [3.63, 3.8) is 0 Å². The third-order valence-corrected chi connectivity index (χ3v) is 13.0. The Kier molecular flexibility index (Phi) is 55.3. The minimum Gasteiger partial charge on any atom is -0.462 e. The van der Waals surface area contributed by atoms with Crippen LogP contribution in [0.25, 0.3) is 0 Å². The van der Waals surface area contributed by atoms with Crippen molar-refractivity contribution in [2.45, 2.75) is 309 Å². The molecular weight excluding hydrogens is 853 g/mol. The van der Waals surface area contributed by atoms with E-state index in [0.29, 0.717) is 19.3 Å². The lowest BCUT2D eigenvalue weighted by atomic mass is 10.0. The van der Waals surface area contributed by atoms with Crippen molar-refractivity contribution in [2.24, 2.45) is 0 Å². The molecule has 0 aromatic carbocycles. The lowest BCUT2D eigenvalue weighted by Crippen LogP contribution is -2.30. The number of carbonyl (C=O) groups excluding carboxylic acids is 3. The number of esters is 3. The van der Waals surface area contributed by atoms with Crippen molar-refractivity contribution in [1.29, 1.82) is 0 Å². The van der Waals surface area contributed by atoms with Crippen LogP contribution in [0.5, 0.6) is 0 Å². The zero-order valence-corrected chi connectivity index (χ0v) is 45.8. The monoisotopic (exact) mass is 965 g/mol. The van der Waals surface area contributed by atoms with Gasteiger partial charge in [-0.3, -0.25) is 14.4 Å². The predicted molar refractivity (Wildman–Crippen MR) is 298 cm³/mol. The summed E-state index contributed by atoms with van der Waals surface area (Å²) in [7, 11) is 0. The molecule has 0 N–H and O–H groups in total. The van der Waals surface area contributed by atoms with Gasteiger partial charge in [0.05, 0.1) is 0 Å². The highest BCUT2D eigenvalue weighted by atomic mass is 16.6. The molecule has 0 aliphatic rings. The molecule has 0 amide bonds. The fourth-order valence-corrected chi connectivity index (χ4v) is 8.48. The summed E-state index contributed by atoms with van der Waals surface area (Å²) in [6, 6.07) is 0.